The van der Waals surface area contributed by atoms with Gasteiger partial charge in [0.1, 0.15) is 11.5 Å². The van der Waals surface area contributed by atoms with Crippen molar-refractivity contribution in [2.75, 3.05) is 33.9 Å². The van der Waals surface area contributed by atoms with E-state index in [1.807, 2.05) is 23.1 Å². The predicted molar refractivity (Wildman–Crippen MR) is 78.8 cm³/mol. The highest BCUT2D eigenvalue weighted by atomic mass is 16.5. The number of rotatable bonds is 10. The fourth-order valence-electron chi connectivity index (χ4n) is 2.09. The molecule has 0 aliphatic heterocycles. The Hall–Kier alpha value is -1.79. The summed E-state index contributed by atoms with van der Waals surface area (Å²) in [5, 5.41) is 17.8. The van der Waals surface area contributed by atoms with Crippen LogP contribution in [0.25, 0.3) is 0 Å². The summed E-state index contributed by atoms with van der Waals surface area (Å²) >= 11 is 0. The molecule has 0 amide bonds. The molecule has 1 aromatic rings. The van der Waals surface area contributed by atoms with Gasteiger partial charge in [0.05, 0.1) is 20.8 Å². The maximum absolute atomic E-state index is 10.6. The van der Waals surface area contributed by atoms with Gasteiger partial charge in [-0.1, -0.05) is 6.07 Å². The normalized spacial score (nSPS) is 10.7. The van der Waals surface area contributed by atoms with Gasteiger partial charge in [-0.3, -0.25) is 9.69 Å². The lowest BCUT2D eigenvalue weighted by Gasteiger charge is -2.22. The number of aliphatic hydroxyl groups excluding tert-OH is 1. The monoisotopic (exact) mass is 297 g/mol. The third-order valence-electron chi connectivity index (χ3n) is 3.17. The molecule has 6 heteroatoms. The minimum atomic E-state index is -0.805. The number of nitrogens with zero attached hydrogens (tertiary/aromatic N) is 1. The molecule has 0 atom stereocenters. The van der Waals surface area contributed by atoms with Crippen molar-refractivity contribution < 1.29 is 24.5 Å². The smallest absolute Gasteiger partial charge is 0.303 e. The molecule has 0 aliphatic rings. The van der Waals surface area contributed by atoms with E-state index in [0.29, 0.717) is 26.1 Å². The number of aliphatic hydroxyl groups is 1. The maximum Gasteiger partial charge on any atom is 0.303 e. The van der Waals surface area contributed by atoms with Crippen LogP contribution in [-0.2, 0) is 11.3 Å². The molecule has 0 saturated heterocycles. The Morgan fingerprint density at radius 3 is 2.57 bits per heavy atom. The van der Waals surface area contributed by atoms with Crippen LogP contribution < -0.4 is 9.47 Å². The number of carbonyl (C=O) groups is 1. The highest BCUT2D eigenvalue weighted by molar-refractivity contribution is 5.66. The van der Waals surface area contributed by atoms with E-state index >= 15 is 0 Å². The molecule has 2 N–H and O–H groups in total. The van der Waals surface area contributed by atoms with Gasteiger partial charge in [-0.2, -0.15) is 0 Å². The highest BCUT2D eigenvalue weighted by Crippen LogP contribution is 2.25. The van der Waals surface area contributed by atoms with E-state index in [0.717, 1.165) is 17.1 Å². The van der Waals surface area contributed by atoms with Crippen molar-refractivity contribution in [3.8, 4) is 11.5 Å². The minimum absolute atomic E-state index is 0.0333. The van der Waals surface area contributed by atoms with Crippen LogP contribution in [0.5, 0.6) is 11.5 Å². The molecule has 118 valence electrons. The number of methoxy groups -OCH3 is 2. The summed E-state index contributed by atoms with van der Waals surface area (Å²) in [6.45, 7) is 1.73. The zero-order valence-electron chi connectivity index (χ0n) is 12.5. The average molecular weight is 297 g/mol. The van der Waals surface area contributed by atoms with Crippen molar-refractivity contribution in [3.05, 3.63) is 23.8 Å². The topological polar surface area (TPSA) is 79.2 Å². The van der Waals surface area contributed by atoms with Crippen LogP contribution in [0.3, 0.4) is 0 Å². The lowest BCUT2D eigenvalue weighted by atomic mass is 10.1. The molecular weight excluding hydrogens is 274 g/mol. The molecule has 0 unspecified atom stereocenters. The second-order valence-electron chi connectivity index (χ2n) is 4.67. The Balaban J connectivity index is 2.71. The Labute approximate surface area is 124 Å². The van der Waals surface area contributed by atoms with Crippen molar-refractivity contribution in [2.45, 2.75) is 19.4 Å². The third-order valence-corrected chi connectivity index (χ3v) is 3.17. The molecule has 1 rings (SSSR count). The zero-order chi connectivity index (χ0) is 15.7. The first-order chi connectivity index (χ1) is 10.1. The zero-order valence-corrected chi connectivity index (χ0v) is 12.5. The molecule has 0 aliphatic carbocycles. The van der Waals surface area contributed by atoms with Crippen LogP contribution in [-0.4, -0.2) is 55.0 Å². The standard InChI is InChI=1S/C15H23NO5/c1-20-13-6-5-12(14(10-13)21-2)11-16(8-9-17)7-3-4-15(18)19/h5-6,10,17H,3-4,7-9,11H2,1-2H3,(H,18,19). The summed E-state index contributed by atoms with van der Waals surface area (Å²) in [5.74, 6) is 0.631. The Bertz CT molecular complexity index is 450. The van der Waals surface area contributed by atoms with Crippen LogP contribution >= 0.6 is 0 Å². The molecule has 0 radical (unpaired) electrons. The number of benzene rings is 1. The van der Waals surface area contributed by atoms with Crippen LogP contribution in [0.1, 0.15) is 18.4 Å². The average Bonchev–Trinajstić information content (AvgIpc) is 2.47. The molecule has 6 nitrogen and oxygen atoms in total. The second-order valence-corrected chi connectivity index (χ2v) is 4.67. The first-order valence-corrected chi connectivity index (χ1v) is 6.86. The Kier molecular flexibility index (Phi) is 7.56. The molecule has 0 fully saturated rings. The van der Waals surface area contributed by atoms with Gasteiger partial charge in [-0.25, -0.2) is 0 Å². The van der Waals surface area contributed by atoms with Gasteiger partial charge in [0.25, 0.3) is 0 Å². The van der Waals surface area contributed by atoms with Crippen molar-refractivity contribution in [1.29, 1.82) is 0 Å². The van der Waals surface area contributed by atoms with Gasteiger partial charge >= 0.3 is 5.97 Å². The summed E-state index contributed by atoms with van der Waals surface area (Å²) in [5.41, 5.74) is 0.974. The van der Waals surface area contributed by atoms with Crippen LogP contribution in [0.4, 0.5) is 0 Å². The van der Waals surface area contributed by atoms with Crippen molar-refractivity contribution in [3.63, 3.8) is 0 Å². The quantitative estimate of drug-likeness (QED) is 0.679. The fraction of sp³-hybridized carbons (Fsp3) is 0.533. The first kappa shape index (κ1) is 17.3. The lowest BCUT2D eigenvalue weighted by Crippen LogP contribution is -2.28. The van der Waals surface area contributed by atoms with Gasteiger partial charge in [-0.15, -0.1) is 0 Å². The predicted octanol–water partition coefficient (Wildman–Crippen LogP) is 1.36. The van der Waals surface area contributed by atoms with E-state index in [-0.39, 0.29) is 13.0 Å². The van der Waals surface area contributed by atoms with Gasteiger partial charge in [0.2, 0.25) is 0 Å². The van der Waals surface area contributed by atoms with Crippen LogP contribution in [0, 0.1) is 0 Å². The largest absolute Gasteiger partial charge is 0.497 e. The summed E-state index contributed by atoms with van der Waals surface area (Å²) in [6.07, 6.45) is 0.676. The van der Waals surface area contributed by atoms with Crippen LogP contribution in [0.15, 0.2) is 18.2 Å². The number of ether oxygens (including phenoxy) is 2. The van der Waals surface area contributed by atoms with Gasteiger partial charge in [-0.05, 0) is 19.0 Å². The van der Waals surface area contributed by atoms with Crippen molar-refractivity contribution in [2.24, 2.45) is 0 Å². The summed E-state index contributed by atoms with van der Waals surface area (Å²) < 4.78 is 10.5. The van der Waals surface area contributed by atoms with E-state index in [1.54, 1.807) is 14.2 Å². The molecule has 0 spiro atoms. The number of carboxylic acids is 1. The number of hydrogen-bond acceptors (Lipinski definition) is 5. The fourth-order valence-corrected chi connectivity index (χ4v) is 2.09. The number of hydrogen-bond donors (Lipinski definition) is 2. The minimum Gasteiger partial charge on any atom is -0.497 e. The Morgan fingerprint density at radius 1 is 1.24 bits per heavy atom. The summed E-state index contributed by atoms with van der Waals surface area (Å²) in [4.78, 5) is 12.6. The summed E-state index contributed by atoms with van der Waals surface area (Å²) in [7, 11) is 3.19. The molecule has 0 aromatic heterocycles. The van der Waals surface area contributed by atoms with Crippen LogP contribution in [0.2, 0.25) is 0 Å². The van der Waals surface area contributed by atoms with Crippen molar-refractivity contribution in [1.82, 2.24) is 4.90 Å². The Morgan fingerprint density at radius 2 is 2.00 bits per heavy atom. The van der Waals surface area contributed by atoms with Gasteiger partial charge in [0.15, 0.2) is 0 Å². The highest BCUT2D eigenvalue weighted by Gasteiger charge is 2.11. The molecule has 21 heavy (non-hydrogen) atoms. The molecule has 1 aromatic carbocycles. The van der Waals surface area contributed by atoms with E-state index in [1.165, 1.54) is 0 Å². The number of carboxylic acid groups (broad SMARTS) is 1. The SMILES string of the molecule is COc1ccc(CN(CCO)CCCC(=O)O)c(OC)c1. The number of aliphatic carboxylic acids is 1. The first-order valence-electron chi connectivity index (χ1n) is 6.86. The maximum atomic E-state index is 10.6. The van der Waals surface area contributed by atoms with Gasteiger partial charge in [0, 0.05) is 31.1 Å². The van der Waals surface area contributed by atoms with Gasteiger partial charge < -0.3 is 19.7 Å². The molecule has 0 heterocycles. The van der Waals surface area contributed by atoms with E-state index in [9.17, 15) is 4.79 Å². The lowest BCUT2D eigenvalue weighted by molar-refractivity contribution is -0.137. The molecular formula is C15H23NO5. The summed E-state index contributed by atoms with van der Waals surface area (Å²) in [6, 6.07) is 5.58. The van der Waals surface area contributed by atoms with E-state index < -0.39 is 5.97 Å². The molecule has 0 bridgehead atoms. The van der Waals surface area contributed by atoms with E-state index in [4.69, 9.17) is 19.7 Å². The second kappa shape index (κ2) is 9.20. The van der Waals surface area contributed by atoms with Crippen molar-refractivity contribution >= 4 is 5.97 Å². The molecule has 0 saturated carbocycles. The van der Waals surface area contributed by atoms with E-state index in [2.05, 4.69) is 0 Å². The third kappa shape index (κ3) is 6.01.